The monoisotopic (exact) mass is 294 g/mol. The van der Waals surface area contributed by atoms with Crippen LogP contribution in [0.2, 0.25) is 19.6 Å². The van der Waals surface area contributed by atoms with E-state index in [9.17, 15) is 17.6 Å². The first-order chi connectivity index (χ1) is 8.63. The van der Waals surface area contributed by atoms with Gasteiger partial charge in [-0.2, -0.15) is 8.78 Å². The Morgan fingerprint density at radius 2 is 1.63 bits per heavy atom. The Morgan fingerprint density at radius 3 is 2.05 bits per heavy atom. The molecule has 1 aromatic rings. The van der Waals surface area contributed by atoms with Gasteiger partial charge in [0.25, 0.3) is 0 Å². The topological polar surface area (TPSA) is 9.23 Å². The SMILES string of the molecule is C[Si](C)(C)c1ccc(COCC(F)(F)C(F)F)cc1. The predicted molar refractivity (Wildman–Crippen MR) is 70.0 cm³/mol. The molecule has 108 valence electrons. The number of hydrogen-bond acceptors (Lipinski definition) is 1. The Kier molecular flexibility index (Phi) is 5.15. The summed E-state index contributed by atoms with van der Waals surface area (Å²) in [6, 6.07) is 7.45. The fraction of sp³-hybridized carbons (Fsp3) is 0.538. The van der Waals surface area contributed by atoms with Crippen molar-refractivity contribution in [3.05, 3.63) is 29.8 Å². The lowest BCUT2D eigenvalue weighted by Gasteiger charge is -2.17. The lowest BCUT2D eigenvalue weighted by atomic mass is 10.2. The van der Waals surface area contributed by atoms with Crippen LogP contribution in [0.4, 0.5) is 17.6 Å². The van der Waals surface area contributed by atoms with Crippen LogP contribution in [0.1, 0.15) is 5.56 Å². The zero-order valence-corrected chi connectivity index (χ0v) is 12.2. The molecule has 1 rings (SSSR count). The quantitative estimate of drug-likeness (QED) is 0.575. The van der Waals surface area contributed by atoms with E-state index in [-0.39, 0.29) is 6.61 Å². The van der Waals surface area contributed by atoms with Gasteiger partial charge in [0.05, 0.1) is 14.7 Å². The highest BCUT2D eigenvalue weighted by atomic mass is 28.3. The predicted octanol–water partition coefficient (Wildman–Crippen LogP) is 3.65. The molecule has 0 aliphatic rings. The molecule has 0 radical (unpaired) electrons. The summed E-state index contributed by atoms with van der Waals surface area (Å²) in [5.41, 5.74) is 0.701. The molecule has 6 heteroatoms. The second-order valence-electron chi connectivity index (χ2n) is 5.50. The zero-order valence-electron chi connectivity index (χ0n) is 11.2. The van der Waals surface area contributed by atoms with Crippen molar-refractivity contribution < 1.29 is 22.3 Å². The first kappa shape index (κ1) is 16.2. The van der Waals surface area contributed by atoms with E-state index in [0.717, 1.165) is 0 Å². The summed E-state index contributed by atoms with van der Waals surface area (Å²) in [6.45, 7) is 5.24. The zero-order chi connectivity index (χ0) is 14.7. The van der Waals surface area contributed by atoms with E-state index in [2.05, 4.69) is 24.4 Å². The molecule has 0 aliphatic heterocycles. The summed E-state index contributed by atoms with van der Waals surface area (Å²) in [5.74, 6) is -4.09. The third kappa shape index (κ3) is 4.95. The largest absolute Gasteiger partial charge is 0.370 e. The molecule has 19 heavy (non-hydrogen) atoms. The normalized spacial score (nSPS) is 13.1. The minimum atomic E-state index is -4.09. The van der Waals surface area contributed by atoms with Gasteiger partial charge in [-0.15, -0.1) is 0 Å². The molecule has 0 saturated carbocycles. The molecule has 0 spiro atoms. The molecule has 0 unspecified atom stereocenters. The van der Waals surface area contributed by atoms with Crippen LogP contribution in [0.5, 0.6) is 0 Å². The second-order valence-corrected chi connectivity index (χ2v) is 10.6. The fourth-order valence-corrected chi connectivity index (χ4v) is 2.64. The van der Waals surface area contributed by atoms with Crippen molar-refractivity contribution in [2.75, 3.05) is 6.61 Å². The number of benzene rings is 1. The van der Waals surface area contributed by atoms with E-state index < -0.39 is 27.0 Å². The summed E-state index contributed by atoms with van der Waals surface area (Å²) < 4.78 is 53.6. The summed E-state index contributed by atoms with van der Waals surface area (Å²) in [6.07, 6.45) is -3.69. The molecule has 0 amide bonds. The van der Waals surface area contributed by atoms with Crippen molar-refractivity contribution in [3.63, 3.8) is 0 Å². The van der Waals surface area contributed by atoms with E-state index in [0.29, 0.717) is 5.56 Å². The summed E-state index contributed by atoms with van der Waals surface area (Å²) >= 11 is 0. The molecular formula is C13H18F4OSi. The third-order valence-corrected chi connectivity index (χ3v) is 4.77. The van der Waals surface area contributed by atoms with Crippen LogP contribution < -0.4 is 5.19 Å². The van der Waals surface area contributed by atoms with Gasteiger partial charge in [-0.25, -0.2) is 8.78 Å². The Bertz CT molecular complexity index is 398. The smallest absolute Gasteiger partial charge is 0.330 e. The van der Waals surface area contributed by atoms with Crippen molar-refractivity contribution in [3.8, 4) is 0 Å². The van der Waals surface area contributed by atoms with Gasteiger partial charge >= 0.3 is 12.3 Å². The minimum Gasteiger partial charge on any atom is -0.370 e. The lowest BCUT2D eigenvalue weighted by Crippen LogP contribution is -2.37. The van der Waals surface area contributed by atoms with Crippen LogP contribution >= 0.6 is 0 Å². The Labute approximate surface area is 111 Å². The fourth-order valence-electron chi connectivity index (χ4n) is 1.47. The summed E-state index contributed by atoms with van der Waals surface area (Å²) in [7, 11) is -1.39. The van der Waals surface area contributed by atoms with E-state index in [1.807, 2.05) is 12.1 Å². The highest BCUT2D eigenvalue weighted by Crippen LogP contribution is 2.23. The highest BCUT2D eigenvalue weighted by Gasteiger charge is 2.40. The number of ether oxygens (including phenoxy) is 1. The van der Waals surface area contributed by atoms with Crippen LogP contribution in [0.3, 0.4) is 0 Å². The molecule has 0 aromatic heterocycles. The first-order valence-electron chi connectivity index (χ1n) is 5.96. The Balaban J connectivity index is 2.52. The first-order valence-corrected chi connectivity index (χ1v) is 9.46. The Morgan fingerprint density at radius 1 is 1.11 bits per heavy atom. The Hall–Kier alpha value is -0.883. The van der Waals surface area contributed by atoms with Gasteiger partial charge in [0.1, 0.15) is 6.61 Å². The molecular weight excluding hydrogens is 276 g/mol. The van der Waals surface area contributed by atoms with Gasteiger partial charge in [-0.05, 0) is 5.56 Å². The average molecular weight is 294 g/mol. The molecule has 0 atom stereocenters. The van der Waals surface area contributed by atoms with Crippen LogP contribution in [0, 0.1) is 0 Å². The van der Waals surface area contributed by atoms with Gasteiger partial charge in [0.15, 0.2) is 0 Å². The van der Waals surface area contributed by atoms with Crippen molar-refractivity contribution in [1.29, 1.82) is 0 Å². The second kappa shape index (κ2) is 6.05. The van der Waals surface area contributed by atoms with E-state index in [4.69, 9.17) is 0 Å². The molecule has 0 fully saturated rings. The van der Waals surface area contributed by atoms with E-state index in [1.54, 1.807) is 12.1 Å². The van der Waals surface area contributed by atoms with Gasteiger partial charge in [0.2, 0.25) is 0 Å². The van der Waals surface area contributed by atoms with Gasteiger partial charge in [-0.1, -0.05) is 49.1 Å². The highest BCUT2D eigenvalue weighted by molar-refractivity contribution is 6.88. The number of halogens is 4. The van der Waals surface area contributed by atoms with Crippen LogP contribution in [-0.4, -0.2) is 27.0 Å². The summed E-state index contributed by atoms with van der Waals surface area (Å²) in [5, 5.41) is 1.24. The van der Waals surface area contributed by atoms with E-state index in [1.165, 1.54) is 5.19 Å². The van der Waals surface area contributed by atoms with Crippen molar-refractivity contribution >= 4 is 13.3 Å². The maximum Gasteiger partial charge on any atom is 0.330 e. The van der Waals surface area contributed by atoms with Gasteiger partial charge in [-0.3, -0.25) is 0 Å². The van der Waals surface area contributed by atoms with Crippen LogP contribution in [0.25, 0.3) is 0 Å². The average Bonchev–Trinajstić information content (AvgIpc) is 2.28. The van der Waals surface area contributed by atoms with Crippen molar-refractivity contribution in [1.82, 2.24) is 0 Å². The third-order valence-electron chi connectivity index (χ3n) is 2.70. The number of rotatable bonds is 6. The molecule has 0 bridgehead atoms. The molecule has 0 N–H and O–H groups in total. The molecule has 0 heterocycles. The molecule has 0 aliphatic carbocycles. The number of hydrogen-bond donors (Lipinski definition) is 0. The molecule has 1 nitrogen and oxygen atoms in total. The lowest BCUT2D eigenvalue weighted by molar-refractivity contribution is -0.168. The van der Waals surface area contributed by atoms with Crippen molar-refractivity contribution in [2.24, 2.45) is 0 Å². The minimum absolute atomic E-state index is 0.0890. The number of alkyl halides is 4. The maximum absolute atomic E-state index is 12.6. The standard InChI is InChI=1S/C13H18F4OSi/c1-19(2,3)11-6-4-10(5-7-11)8-18-9-13(16,17)12(14)15/h4-7,12H,8-9H2,1-3H3. The maximum atomic E-state index is 12.6. The van der Waals surface area contributed by atoms with Crippen LogP contribution in [-0.2, 0) is 11.3 Å². The van der Waals surface area contributed by atoms with Gasteiger partial charge in [0, 0.05) is 0 Å². The van der Waals surface area contributed by atoms with Gasteiger partial charge < -0.3 is 4.74 Å². The molecule has 0 saturated heterocycles. The van der Waals surface area contributed by atoms with Crippen molar-refractivity contribution in [2.45, 2.75) is 38.6 Å². The van der Waals surface area contributed by atoms with E-state index >= 15 is 0 Å². The molecule has 1 aromatic carbocycles. The summed E-state index contributed by atoms with van der Waals surface area (Å²) in [4.78, 5) is 0. The van der Waals surface area contributed by atoms with Crippen LogP contribution in [0.15, 0.2) is 24.3 Å².